The fourth-order valence-electron chi connectivity index (χ4n) is 3.24. The number of carbonyl (C=O) groups is 2. The standard InChI is InChI=1S/C21H18F2N4O2S/c22-14-7-5-13(6-8-14)11-24-20(28)19(16-3-1-2-4-17(16)23)27(15-9-10-15)21(29)18-12-30-26-25-18/h1-8,12,15,19H,9-11H2,(H,24,28)/t19-/m0/s1. The van der Waals surface area contributed by atoms with E-state index < -0.39 is 23.7 Å². The number of benzene rings is 2. The molecule has 1 heterocycles. The van der Waals surface area contributed by atoms with Crippen LogP contribution in [0.1, 0.15) is 40.5 Å². The van der Waals surface area contributed by atoms with Crippen molar-refractivity contribution >= 4 is 23.3 Å². The number of nitrogens with one attached hydrogen (secondary N) is 1. The maximum Gasteiger partial charge on any atom is 0.276 e. The molecule has 0 radical (unpaired) electrons. The molecule has 2 aromatic carbocycles. The molecule has 1 fully saturated rings. The van der Waals surface area contributed by atoms with Crippen molar-refractivity contribution in [3.8, 4) is 0 Å². The summed E-state index contributed by atoms with van der Waals surface area (Å²) in [7, 11) is 0. The molecule has 1 aromatic heterocycles. The Labute approximate surface area is 175 Å². The first-order chi connectivity index (χ1) is 14.5. The molecule has 1 N–H and O–H groups in total. The number of nitrogens with zero attached hydrogens (tertiary/aromatic N) is 3. The van der Waals surface area contributed by atoms with Gasteiger partial charge in [0, 0.05) is 23.5 Å². The van der Waals surface area contributed by atoms with Gasteiger partial charge >= 0.3 is 0 Å². The molecule has 0 bridgehead atoms. The quantitative estimate of drug-likeness (QED) is 0.625. The molecule has 0 aliphatic heterocycles. The largest absolute Gasteiger partial charge is 0.350 e. The molecule has 6 nitrogen and oxygen atoms in total. The lowest BCUT2D eigenvalue weighted by molar-refractivity contribution is -0.126. The Hall–Kier alpha value is -3.20. The van der Waals surface area contributed by atoms with Crippen LogP contribution in [0.2, 0.25) is 0 Å². The van der Waals surface area contributed by atoms with Crippen molar-refractivity contribution in [2.45, 2.75) is 31.5 Å². The van der Waals surface area contributed by atoms with E-state index in [1.807, 2.05) is 0 Å². The van der Waals surface area contributed by atoms with Gasteiger partial charge in [0.2, 0.25) is 5.91 Å². The maximum absolute atomic E-state index is 14.7. The molecule has 2 amide bonds. The maximum atomic E-state index is 14.7. The van der Waals surface area contributed by atoms with E-state index in [9.17, 15) is 18.4 Å². The van der Waals surface area contributed by atoms with E-state index in [0.29, 0.717) is 5.56 Å². The summed E-state index contributed by atoms with van der Waals surface area (Å²) in [6.45, 7) is 0.120. The predicted octanol–water partition coefficient (Wildman–Crippen LogP) is 3.48. The van der Waals surface area contributed by atoms with Gasteiger partial charge in [0.25, 0.3) is 5.91 Å². The zero-order valence-electron chi connectivity index (χ0n) is 15.8. The van der Waals surface area contributed by atoms with Crippen molar-refractivity contribution in [1.82, 2.24) is 19.8 Å². The van der Waals surface area contributed by atoms with Crippen molar-refractivity contribution in [1.29, 1.82) is 0 Å². The van der Waals surface area contributed by atoms with Crippen molar-refractivity contribution < 1.29 is 18.4 Å². The van der Waals surface area contributed by atoms with Gasteiger partial charge in [0.1, 0.15) is 17.7 Å². The lowest BCUT2D eigenvalue weighted by Gasteiger charge is -2.31. The van der Waals surface area contributed by atoms with Gasteiger partial charge in [0.05, 0.1) is 0 Å². The Kier molecular flexibility index (Phi) is 5.80. The molecule has 9 heteroatoms. The predicted molar refractivity (Wildman–Crippen MR) is 106 cm³/mol. The molecule has 0 spiro atoms. The Bertz CT molecular complexity index is 1040. The van der Waals surface area contributed by atoms with Crippen molar-refractivity contribution in [2.24, 2.45) is 0 Å². The second-order valence-corrected chi connectivity index (χ2v) is 7.61. The topological polar surface area (TPSA) is 75.2 Å². The summed E-state index contributed by atoms with van der Waals surface area (Å²) in [5, 5.41) is 8.08. The van der Waals surface area contributed by atoms with Gasteiger partial charge in [-0.05, 0) is 48.1 Å². The Morgan fingerprint density at radius 1 is 1.13 bits per heavy atom. The van der Waals surface area contributed by atoms with Crippen LogP contribution in [-0.2, 0) is 11.3 Å². The first-order valence-electron chi connectivity index (χ1n) is 9.41. The fourth-order valence-corrected chi connectivity index (χ4v) is 3.67. The zero-order valence-corrected chi connectivity index (χ0v) is 16.6. The number of hydrogen-bond acceptors (Lipinski definition) is 5. The number of aromatic nitrogens is 2. The van der Waals surface area contributed by atoms with Gasteiger partial charge < -0.3 is 10.2 Å². The molecule has 1 aliphatic rings. The summed E-state index contributed by atoms with van der Waals surface area (Å²) in [6.07, 6.45) is 1.44. The first kappa shape index (κ1) is 20.1. The molecule has 0 unspecified atom stereocenters. The van der Waals surface area contributed by atoms with Crippen molar-refractivity contribution in [2.75, 3.05) is 0 Å². The van der Waals surface area contributed by atoms with Gasteiger partial charge in [-0.3, -0.25) is 9.59 Å². The van der Waals surface area contributed by atoms with Crippen molar-refractivity contribution in [3.05, 3.63) is 82.4 Å². The average molecular weight is 428 g/mol. The summed E-state index contributed by atoms with van der Waals surface area (Å²) < 4.78 is 31.5. The zero-order chi connectivity index (χ0) is 21.1. The van der Waals surface area contributed by atoms with Crippen LogP contribution in [0.4, 0.5) is 8.78 Å². The molecule has 4 rings (SSSR count). The summed E-state index contributed by atoms with van der Waals surface area (Å²) in [5.74, 6) is -1.93. The van der Waals surface area contributed by atoms with Crippen LogP contribution >= 0.6 is 11.5 Å². The van der Waals surface area contributed by atoms with Crippen LogP contribution in [-0.4, -0.2) is 32.3 Å². The molecule has 1 atom stereocenters. The lowest BCUT2D eigenvalue weighted by Crippen LogP contribution is -2.45. The summed E-state index contributed by atoms with van der Waals surface area (Å²) in [5.41, 5.74) is 0.919. The molecular weight excluding hydrogens is 410 g/mol. The third-order valence-corrected chi connectivity index (χ3v) is 5.36. The monoisotopic (exact) mass is 428 g/mol. The van der Waals surface area contributed by atoms with E-state index in [-0.39, 0.29) is 29.7 Å². The van der Waals surface area contributed by atoms with Gasteiger partial charge in [0.15, 0.2) is 5.69 Å². The Morgan fingerprint density at radius 2 is 1.87 bits per heavy atom. The summed E-state index contributed by atoms with van der Waals surface area (Å²) in [6, 6.07) is 10.3. The molecule has 0 saturated heterocycles. The third kappa shape index (κ3) is 4.35. The summed E-state index contributed by atoms with van der Waals surface area (Å²) in [4.78, 5) is 27.7. The van der Waals surface area contributed by atoms with Crippen LogP contribution in [0.15, 0.2) is 53.9 Å². The van der Waals surface area contributed by atoms with Crippen LogP contribution in [0.25, 0.3) is 0 Å². The molecule has 30 heavy (non-hydrogen) atoms. The van der Waals surface area contributed by atoms with Gasteiger partial charge in [-0.15, -0.1) is 5.10 Å². The van der Waals surface area contributed by atoms with Crippen LogP contribution in [0.5, 0.6) is 0 Å². The highest BCUT2D eigenvalue weighted by molar-refractivity contribution is 7.03. The highest BCUT2D eigenvalue weighted by Gasteiger charge is 2.43. The van der Waals surface area contributed by atoms with E-state index in [2.05, 4.69) is 14.9 Å². The third-order valence-electron chi connectivity index (χ3n) is 4.86. The van der Waals surface area contributed by atoms with Gasteiger partial charge in [-0.2, -0.15) is 0 Å². The molecule has 3 aromatic rings. The molecule has 1 aliphatic carbocycles. The van der Waals surface area contributed by atoms with Crippen LogP contribution in [0, 0.1) is 11.6 Å². The molecular formula is C21H18F2N4O2S. The second kappa shape index (κ2) is 8.66. The number of halogens is 2. The van der Waals surface area contributed by atoms with Crippen LogP contribution < -0.4 is 5.32 Å². The van der Waals surface area contributed by atoms with E-state index in [0.717, 1.165) is 24.4 Å². The lowest BCUT2D eigenvalue weighted by atomic mass is 10.0. The van der Waals surface area contributed by atoms with E-state index >= 15 is 0 Å². The minimum Gasteiger partial charge on any atom is -0.350 e. The minimum atomic E-state index is -1.16. The molecule has 154 valence electrons. The van der Waals surface area contributed by atoms with E-state index in [4.69, 9.17) is 0 Å². The minimum absolute atomic E-state index is 0.109. The first-order valence-corrected chi connectivity index (χ1v) is 10.2. The SMILES string of the molecule is O=C(NCc1ccc(F)cc1)[C@H](c1ccccc1F)N(C(=O)c1csnn1)C1CC1. The number of amides is 2. The second-order valence-electron chi connectivity index (χ2n) is 7.00. The van der Waals surface area contributed by atoms with Gasteiger partial charge in [-0.25, -0.2) is 8.78 Å². The number of rotatable bonds is 7. The summed E-state index contributed by atoms with van der Waals surface area (Å²) >= 11 is 1.03. The number of hydrogen-bond donors (Lipinski definition) is 1. The van der Waals surface area contributed by atoms with E-state index in [1.165, 1.54) is 40.6 Å². The highest BCUT2D eigenvalue weighted by Crippen LogP contribution is 2.36. The Morgan fingerprint density at radius 3 is 2.50 bits per heavy atom. The van der Waals surface area contributed by atoms with Crippen LogP contribution in [0.3, 0.4) is 0 Å². The van der Waals surface area contributed by atoms with Gasteiger partial charge in [-0.1, -0.05) is 34.8 Å². The molecule has 1 saturated carbocycles. The van der Waals surface area contributed by atoms with Crippen molar-refractivity contribution in [3.63, 3.8) is 0 Å². The fraction of sp³-hybridized carbons (Fsp3) is 0.238. The Balaban J connectivity index is 1.65. The highest BCUT2D eigenvalue weighted by atomic mass is 32.1. The average Bonchev–Trinajstić information content (AvgIpc) is 3.43. The van der Waals surface area contributed by atoms with E-state index in [1.54, 1.807) is 18.2 Å². The smallest absolute Gasteiger partial charge is 0.276 e. The normalized spacial score (nSPS) is 14.2. The number of carbonyl (C=O) groups excluding carboxylic acids is 2.